The standard InChI is InChI=1S/C23H25Cl2N5O5S/c1-23(2,3)14-7-9-15(10-8-14)36(34,35)27-19(12-22(32)33)20(31)13-30-21(26-28-29-30)11-16-17(24)5-4-6-18(16)25/h4-10,19,27H,11-13H2,1-3H3,(H,32,33). The van der Waals surface area contributed by atoms with Crippen LogP contribution in [0.2, 0.25) is 10.0 Å². The molecule has 0 aliphatic heterocycles. The van der Waals surface area contributed by atoms with Crippen LogP contribution >= 0.6 is 23.2 Å². The van der Waals surface area contributed by atoms with E-state index in [1.165, 1.54) is 12.1 Å². The molecule has 0 fully saturated rings. The number of benzene rings is 2. The SMILES string of the molecule is CC(C)(C)c1ccc(S(=O)(=O)NC(CC(=O)O)C(=O)Cn2nnnc2Cc2c(Cl)cccc2Cl)cc1. The molecule has 13 heteroatoms. The van der Waals surface area contributed by atoms with Gasteiger partial charge in [-0.3, -0.25) is 9.59 Å². The van der Waals surface area contributed by atoms with Gasteiger partial charge in [-0.2, -0.15) is 4.72 Å². The first kappa shape index (κ1) is 27.7. The largest absolute Gasteiger partial charge is 0.481 e. The number of carboxylic acid groups (broad SMARTS) is 1. The van der Waals surface area contributed by atoms with E-state index in [1.807, 2.05) is 20.8 Å². The van der Waals surface area contributed by atoms with Crippen LogP contribution in [0, 0.1) is 0 Å². The first-order valence-corrected chi connectivity index (χ1v) is 13.1. The Kier molecular flexibility index (Phi) is 8.50. The highest BCUT2D eigenvalue weighted by Crippen LogP contribution is 2.26. The Hall–Kier alpha value is -2.86. The van der Waals surface area contributed by atoms with Crippen molar-refractivity contribution in [3.63, 3.8) is 0 Å². The van der Waals surface area contributed by atoms with Gasteiger partial charge in [0.25, 0.3) is 0 Å². The van der Waals surface area contributed by atoms with Gasteiger partial charge in [-0.25, -0.2) is 13.1 Å². The van der Waals surface area contributed by atoms with Gasteiger partial charge in [0.1, 0.15) is 6.54 Å². The van der Waals surface area contributed by atoms with E-state index in [0.29, 0.717) is 15.6 Å². The normalized spacial score (nSPS) is 12.9. The van der Waals surface area contributed by atoms with E-state index in [2.05, 4.69) is 20.2 Å². The molecule has 0 saturated heterocycles. The molecule has 36 heavy (non-hydrogen) atoms. The van der Waals surface area contributed by atoms with Crippen LogP contribution in [-0.4, -0.2) is 51.5 Å². The Morgan fingerprint density at radius 2 is 1.69 bits per heavy atom. The maximum absolute atomic E-state index is 13.0. The number of nitrogens with one attached hydrogen (secondary N) is 1. The summed E-state index contributed by atoms with van der Waals surface area (Å²) in [4.78, 5) is 24.3. The average molecular weight is 554 g/mol. The van der Waals surface area contributed by atoms with Gasteiger partial charge in [-0.05, 0) is 51.2 Å². The van der Waals surface area contributed by atoms with E-state index in [9.17, 15) is 23.1 Å². The van der Waals surface area contributed by atoms with E-state index in [0.717, 1.165) is 10.2 Å². The molecule has 2 aromatic carbocycles. The van der Waals surface area contributed by atoms with Crippen molar-refractivity contribution in [1.82, 2.24) is 24.9 Å². The molecule has 3 aromatic rings. The summed E-state index contributed by atoms with van der Waals surface area (Å²) in [6, 6.07) is 9.61. The van der Waals surface area contributed by atoms with Gasteiger partial charge in [0.2, 0.25) is 10.0 Å². The third-order valence-electron chi connectivity index (χ3n) is 5.40. The van der Waals surface area contributed by atoms with Gasteiger partial charge in [0, 0.05) is 16.5 Å². The minimum atomic E-state index is -4.19. The van der Waals surface area contributed by atoms with E-state index < -0.39 is 40.8 Å². The molecule has 2 N–H and O–H groups in total. The predicted molar refractivity (Wildman–Crippen MR) is 134 cm³/mol. The summed E-state index contributed by atoms with van der Waals surface area (Å²) in [5.74, 6) is -1.84. The number of hydrogen-bond acceptors (Lipinski definition) is 7. The van der Waals surface area contributed by atoms with Crippen LogP contribution in [0.5, 0.6) is 0 Å². The molecule has 0 spiro atoms. The summed E-state index contributed by atoms with van der Waals surface area (Å²) in [6.07, 6.45) is -0.653. The van der Waals surface area contributed by atoms with Crippen molar-refractivity contribution in [2.75, 3.05) is 0 Å². The minimum absolute atomic E-state index is 0.0878. The summed E-state index contributed by atoms with van der Waals surface area (Å²) < 4.78 is 29.3. The van der Waals surface area contributed by atoms with Crippen molar-refractivity contribution in [1.29, 1.82) is 0 Å². The second-order valence-corrected chi connectivity index (χ2v) is 11.7. The third kappa shape index (κ3) is 6.88. The number of tetrazole rings is 1. The number of aromatic nitrogens is 4. The van der Waals surface area contributed by atoms with Gasteiger partial charge in [-0.1, -0.05) is 62.2 Å². The Morgan fingerprint density at radius 1 is 1.08 bits per heavy atom. The number of aliphatic carboxylic acids is 1. The topological polar surface area (TPSA) is 144 Å². The van der Waals surface area contributed by atoms with Gasteiger partial charge >= 0.3 is 5.97 Å². The van der Waals surface area contributed by atoms with Crippen LogP contribution in [0.3, 0.4) is 0 Å². The highest BCUT2D eigenvalue weighted by Gasteiger charge is 2.29. The molecule has 1 unspecified atom stereocenters. The van der Waals surface area contributed by atoms with E-state index in [1.54, 1.807) is 30.3 Å². The number of ketones is 1. The lowest BCUT2D eigenvalue weighted by Crippen LogP contribution is -2.43. The number of hydrogen-bond donors (Lipinski definition) is 2. The molecule has 0 amide bonds. The quantitative estimate of drug-likeness (QED) is 0.389. The summed E-state index contributed by atoms with van der Waals surface area (Å²) in [6.45, 7) is 5.50. The molecular weight excluding hydrogens is 529 g/mol. The molecule has 0 radical (unpaired) electrons. The average Bonchev–Trinajstić information content (AvgIpc) is 3.21. The lowest BCUT2D eigenvalue weighted by Gasteiger charge is -2.20. The van der Waals surface area contributed by atoms with Crippen molar-refractivity contribution in [3.05, 3.63) is 69.5 Å². The molecule has 1 aromatic heterocycles. The zero-order valence-corrected chi connectivity index (χ0v) is 22.1. The number of sulfonamides is 1. The van der Waals surface area contributed by atoms with Crippen molar-refractivity contribution >= 4 is 45.0 Å². The zero-order chi connectivity index (χ0) is 26.7. The lowest BCUT2D eigenvalue weighted by atomic mass is 9.87. The molecule has 192 valence electrons. The number of carbonyl (C=O) groups is 2. The van der Waals surface area contributed by atoms with E-state index in [-0.39, 0.29) is 22.6 Å². The maximum atomic E-state index is 13.0. The maximum Gasteiger partial charge on any atom is 0.305 e. The van der Waals surface area contributed by atoms with E-state index >= 15 is 0 Å². The highest BCUT2D eigenvalue weighted by molar-refractivity contribution is 7.89. The van der Waals surface area contributed by atoms with Crippen LogP contribution in [0.4, 0.5) is 0 Å². The molecule has 3 rings (SSSR count). The van der Waals surface area contributed by atoms with Crippen LogP contribution in [0.1, 0.15) is 44.1 Å². The number of carboxylic acids is 1. The number of rotatable bonds is 10. The second kappa shape index (κ2) is 11.0. The first-order valence-electron chi connectivity index (χ1n) is 10.8. The lowest BCUT2D eigenvalue weighted by molar-refractivity contribution is -0.139. The molecular formula is C23H25Cl2N5O5S. The van der Waals surface area contributed by atoms with Gasteiger partial charge in [-0.15, -0.1) is 5.10 Å². The highest BCUT2D eigenvalue weighted by atomic mass is 35.5. The number of Topliss-reactive ketones (excluding diaryl/α,β-unsaturated/α-hetero) is 1. The van der Waals surface area contributed by atoms with E-state index in [4.69, 9.17) is 23.2 Å². The number of halogens is 2. The minimum Gasteiger partial charge on any atom is -0.481 e. The zero-order valence-electron chi connectivity index (χ0n) is 19.8. The molecule has 0 saturated carbocycles. The van der Waals surface area contributed by atoms with Crippen molar-refractivity contribution in [2.24, 2.45) is 0 Å². The molecule has 0 aliphatic carbocycles. The van der Waals surface area contributed by atoms with Gasteiger partial charge in [0.05, 0.1) is 17.4 Å². The van der Waals surface area contributed by atoms with Crippen molar-refractivity contribution in [3.8, 4) is 0 Å². The van der Waals surface area contributed by atoms with Crippen LogP contribution in [-0.2, 0) is 38.0 Å². The fourth-order valence-electron chi connectivity index (χ4n) is 3.38. The summed E-state index contributed by atoms with van der Waals surface area (Å²) >= 11 is 12.4. The van der Waals surface area contributed by atoms with Gasteiger partial charge < -0.3 is 5.11 Å². The Bertz CT molecular complexity index is 1350. The first-order chi connectivity index (χ1) is 16.8. The molecule has 1 heterocycles. The molecule has 0 bridgehead atoms. The summed E-state index contributed by atoms with van der Waals surface area (Å²) in [7, 11) is -4.19. The van der Waals surface area contributed by atoms with Crippen LogP contribution < -0.4 is 4.72 Å². The van der Waals surface area contributed by atoms with Crippen LogP contribution in [0.15, 0.2) is 47.4 Å². The fraction of sp³-hybridized carbons (Fsp3) is 0.348. The monoisotopic (exact) mass is 553 g/mol. The summed E-state index contributed by atoms with van der Waals surface area (Å²) in [5, 5.41) is 21.3. The second-order valence-electron chi connectivity index (χ2n) is 9.14. The van der Waals surface area contributed by atoms with Gasteiger partial charge in [0.15, 0.2) is 11.6 Å². The van der Waals surface area contributed by atoms with Crippen molar-refractivity contribution < 1.29 is 23.1 Å². The van der Waals surface area contributed by atoms with Crippen molar-refractivity contribution in [2.45, 2.75) is 56.5 Å². The predicted octanol–water partition coefficient (Wildman–Crippen LogP) is 3.26. The molecule has 0 aliphatic rings. The number of nitrogens with zero attached hydrogens (tertiary/aromatic N) is 4. The third-order valence-corrected chi connectivity index (χ3v) is 7.60. The number of carbonyl (C=O) groups excluding carboxylic acids is 1. The molecule has 10 nitrogen and oxygen atoms in total. The molecule has 1 atom stereocenters. The Morgan fingerprint density at radius 3 is 2.25 bits per heavy atom. The Labute approximate surface area is 218 Å². The summed E-state index contributed by atoms with van der Waals surface area (Å²) in [5.41, 5.74) is 1.28. The smallest absolute Gasteiger partial charge is 0.305 e. The fourth-order valence-corrected chi connectivity index (χ4v) is 5.13. The Balaban J connectivity index is 1.81. The van der Waals surface area contributed by atoms with Crippen LogP contribution in [0.25, 0.3) is 0 Å².